The molecule has 0 aliphatic rings. The smallest absolute Gasteiger partial charge is 0.206 e. The van der Waals surface area contributed by atoms with Crippen LogP contribution in [-0.4, -0.2) is 18.4 Å². The first kappa shape index (κ1) is 17.3. The van der Waals surface area contributed by atoms with E-state index in [-0.39, 0.29) is 0 Å². The van der Waals surface area contributed by atoms with E-state index in [0.717, 1.165) is 28.9 Å². The number of sulfone groups is 1. The molecule has 5 heteroatoms. The molecule has 3 rings (SSSR count). The number of rotatable bonds is 5. The molecule has 0 bridgehead atoms. The fourth-order valence-corrected chi connectivity index (χ4v) is 4.11. The SMILES string of the molecule is CCc1cccc(S(=O)(=O)c2cccc(Cc3cc(C)ncn3)c2)c1. The van der Waals surface area contributed by atoms with E-state index in [1.165, 1.54) is 6.33 Å². The van der Waals surface area contributed by atoms with Gasteiger partial charge >= 0.3 is 0 Å². The zero-order chi connectivity index (χ0) is 17.9. The predicted octanol–water partition coefficient (Wildman–Crippen LogP) is 3.77. The summed E-state index contributed by atoms with van der Waals surface area (Å²) >= 11 is 0. The third kappa shape index (κ3) is 3.94. The van der Waals surface area contributed by atoms with Crippen LogP contribution in [0.2, 0.25) is 0 Å². The zero-order valence-corrected chi connectivity index (χ0v) is 15.1. The molecule has 1 heterocycles. The summed E-state index contributed by atoms with van der Waals surface area (Å²) in [5.74, 6) is 0. The molecule has 0 saturated carbocycles. The monoisotopic (exact) mass is 352 g/mol. The molecule has 4 nitrogen and oxygen atoms in total. The molecule has 0 saturated heterocycles. The summed E-state index contributed by atoms with van der Waals surface area (Å²) in [5, 5.41) is 0. The first-order valence-electron chi connectivity index (χ1n) is 8.19. The van der Waals surface area contributed by atoms with Gasteiger partial charge in [0, 0.05) is 17.8 Å². The fraction of sp³-hybridized carbons (Fsp3) is 0.200. The van der Waals surface area contributed by atoms with Gasteiger partial charge in [-0.3, -0.25) is 0 Å². The van der Waals surface area contributed by atoms with Crippen LogP contribution in [0.25, 0.3) is 0 Å². The molecule has 2 aromatic carbocycles. The highest BCUT2D eigenvalue weighted by molar-refractivity contribution is 7.91. The average molecular weight is 352 g/mol. The van der Waals surface area contributed by atoms with Gasteiger partial charge in [-0.25, -0.2) is 18.4 Å². The second-order valence-corrected chi connectivity index (χ2v) is 7.93. The molecular weight excluding hydrogens is 332 g/mol. The second kappa shape index (κ2) is 7.15. The van der Waals surface area contributed by atoms with Gasteiger partial charge in [0.05, 0.1) is 9.79 Å². The maximum atomic E-state index is 12.9. The van der Waals surface area contributed by atoms with Crippen molar-refractivity contribution >= 4 is 9.84 Å². The lowest BCUT2D eigenvalue weighted by Crippen LogP contribution is -2.04. The number of benzene rings is 2. The Hall–Kier alpha value is -2.53. The van der Waals surface area contributed by atoms with Crippen molar-refractivity contribution in [3.8, 4) is 0 Å². The Morgan fingerprint density at radius 2 is 1.52 bits per heavy atom. The third-order valence-corrected chi connectivity index (χ3v) is 5.82. The summed E-state index contributed by atoms with van der Waals surface area (Å²) in [6.07, 6.45) is 2.90. The summed E-state index contributed by atoms with van der Waals surface area (Å²) in [7, 11) is -3.53. The third-order valence-electron chi connectivity index (χ3n) is 4.07. The van der Waals surface area contributed by atoms with Crippen molar-refractivity contribution in [2.75, 3.05) is 0 Å². The van der Waals surface area contributed by atoms with E-state index in [9.17, 15) is 8.42 Å². The van der Waals surface area contributed by atoms with E-state index in [1.54, 1.807) is 36.4 Å². The Balaban J connectivity index is 1.94. The summed E-state index contributed by atoms with van der Waals surface area (Å²) in [5.41, 5.74) is 3.68. The van der Waals surface area contributed by atoms with E-state index in [1.807, 2.05) is 32.0 Å². The predicted molar refractivity (Wildman–Crippen MR) is 97.3 cm³/mol. The molecule has 0 unspecified atom stereocenters. The normalized spacial score (nSPS) is 11.4. The summed E-state index contributed by atoms with van der Waals surface area (Å²) < 4.78 is 25.9. The summed E-state index contributed by atoms with van der Waals surface area (Å²) in [4.78, 5) is 8.98. The highest BCUT2D eigenvalue weighted by Crippen LogP contribution is 2.23. The molecule has 0 amide bonds. The van der Waals surface area contributed by atoms with E-state index < -0.39 is 9.84 Å². The molecule has 0 atom stereocenters. The van der Waals surface area contributed by atoms with E-state index in [0.29, 0.717) is 16.2 Å². The minimum absolute atomic E-state index is 0.309. The highest BCUT2D eigenvalue weighted by Gasteiger charge is 2.18. The topological polar surface area (TPSA) is 59.9 Å². The van der Waals surface area contributed by atoms with Gasteiger partial charge in [-0.2, -0.15) is 0 Å². The van der Waals surface area contributed by atoms with Gasteiger partial charge in [0.15, 0.2) is 0 Å². The highest BCUT2D eigenvalue weighted by atomic mass is 32.2. The van der Waals surface area contributed by atoms with Crippen LogP contribution in [0.4, 0.5) is 0 Å². The Labute approximate surface area is 148 Å². The second-order valence-electron chi connectivity index (χ2n) is 5.98. The molecule has 3 aromatic rings. The summed E-state index contributed by atoms with van der Waals surface area (Å²) in [6.45, 7) is 3.92. The van der Waals surface area contributed by atoms with Gasteiger partial charge < -0.3 is 0 Å². The van der Waals surface area contributed by atoms with Crippen molar-refractivity contribution in [2.24, 2.45) is 0 Å². The molecule has 0 N–H and O–H groups in total. The Kier molecular flexibility index (Phi) is 4.95. The van der Waals surface area contributed by atoms with Gasteiger partial charge in [0.1, 0.15) is 6.33 Å². The van der Waals surface area contributed by atoms with Crippen LogP contribution in [0, 0.1) is 6.92 Å². The van der Waals surface area contributed by atoms with Crippen LogP contribution in [-0.2, 0) is 22.7 Å². The zero-order valence-electron chi connectivity index (χ0n) is 14.3. The summed E-state index contributed by atoms with van der Waals surface area (Å²) in [6, 6.07) is 16.1. The van der Waals surface area contributed by atoms with Gasteiger partial charge in [-0.15, -0.1) is 0 Å². The van der Waals surface area contributed by atoms with Crippen molar-refractivity contribution in [1.29, 1.82) is 0 Å². The van der Waals surface area contributed by atoms with Crippen LogP contribution in [0.5, 0.6) is 0 Å². The minimum Gasteiger partial charge on any atom is -0.242 e. The standard InChI is InChI=1S/C20H20N2O2S/c1-3-16-6-4-8-19(12-16)25(23,24)20-9-5-7-17(13-20)11-18-10-15(2)21-14-22-18/h4-10,12-14H,3,11H2,1-2H3. The Morgan fingerprint density at radius 3 is 2.16 bits per heavy atom. The molecular formula is C20H20N2O2S. The number of aryl methyl sites for hydroxylation is 2. The van der Waals surface area contributed by atoms with Crippen LogP contribution in [0.3, 0.4) is 0 Å². The molecule has 0 aliphatic heterocycles. The first-order valence-corrected chi connectivity index (χ1v) is 9.68. The largest absolute Gasteiger partial charge is 0.242 e. The molecule has 0 aliphatic carbocycles. The maximum Gasteiger partial charge on any atom is 0.206 e. The Bertz CT molecular complexity index is 998. The first-order chi connectivity index (χ1) is 12.0. The van der Waals surface area contributed by atoms with Crippen molar-refractivity contribution in [3.05, 3.63) is 83.4 Å². The molecule has 0 radical (unpaired) electrons. The van der Waals surface area contributed by atoms with Crippen molar-refractivity contribution in [3.63, 3.8) is 0 Å². The van der Waals surface area contributed by atoms with Gasteiger partial charge in [-0.05, 0) is 54.8 Å². The van der Waals surface area contributed by atoms with Crippen LogP contribution < -0.4 is 0 Å². The molecule has 25 heavy (non-hydrogen) atoms. The number of aromatic nitrogens is 2. The van der Waals surface area contributed by atoms with Crippen LogP contribution in [0.1, 0.15) is 29.4 Å². The van der Waals surface area contributed by atoms with Crippen molar-refractivity contribution in [1.82, 2.24) is 9.97 Å². The van der Waals surface area contributed by atoms with E-state index in [2.05, 4.69) is 9.97 Å². The van der Waals surface area contributed by atoms with Crippen LogP contribution >= 0.6 is 0 Å². The van der Waals surface area contributed by atoms with Crippen molar-refractivity contribution < 1.29 is 8.42 Å². The maximum absolute atomic E-state index is 12.9. The minimum atomic E-state index is -3.53. The molecule has 128 valence electrons. The molecule has 1 aromatic heterocycles. The lowest BCUT2D eigenvalue weighted by Gasteiger charge is -2.08. The number of hydrogen-bond acceptors (Lipinski definition) is 4. The quantitative estimate of drug-likeness (QED) is 0.701. The van der Waals surface area contributed by atoms with Gasteiger partial charge in [0.2, 0.25) is 9.84 Å². The van der Waals surface area contributed by atoms with Gasteiger partial charge in [0.25, 0.3) is 0 Å². The van der Waals surface area contributed by atoms with Gasteiger partial charge in [-0.1, -0.05) is 31.2 Å². The van der Waals surface area contributed by atoms with E-state index in [4.69, 9.17) is 0 Å². The average Bonchev–Trinajstić information content (AvgIpc) is 2.62. The van der Waals surface area contributed by atoms with Crippen molar-refractivity contribution in [2.45, 2.75) is 36.5 Å². The lowest BCUT2D eigenvalue weighted by atomic mass is 10.1. The number of hydrogen-bond donors (Lipinski definition) is 0. The Morgan fingerprint density at radius 1 is 0.880 bits per heavy atom. The van der Waals surface area contributed by atoms with Crippen LogP contribution in [0.15, 0.2) is 70.7 Å². The molecule has 0 fully saturated rings. The number of nitrogens with zero attached hydrogens (tertiary/aromatic N) is 2. The molecule has 0 spiro atoms. The fourth-order valence-electron chi connectivity index (χ4n) is 2.71. The lowest BCUT2D eigenvalue weighted by molar-refractivity contribution is 0.596. The van der Waals surface area contributed by atoms with E-state index >= 15 is 0 Å².